The number of nitrogens with two attached hydrogens (primary N) is 1. The molecule has 5 nitrogen and oxygen atoms in total. The molecule has 6 heteroatoms. The van der Waals surface area contributed by atoms with Gasteiger partial charge in [-0.15, -0.1) is 11.3 Å². The van der Waals surface area contributed by atoms with Crippen LogP contribution in [0.25, 0.3) is 0 Å². The van der Waals surface area contributed by atoms with E-state index >= 15 is 0 Å². The van der Waals surface area contributed by atoms with Crippen molar-refractivity contribution >= 4 is 23.3 Å². The number of carbonyl (C=O) groups excluding carboxylic acids is 2. The van der Waals surface area contributed by atoms with Crippen molar-refractivity contribution in [2.24, 2.45) is 5.73 Å². The topological polar surface area (TPSA) is 84.2 Å². The van der Waals surface area contributed by atoms with Gasteiger partial charge in [0.05, 0.1) is 12.5 Å². The van der Waals surface area contributed by atoms with Gasteiger partial charge in [0.25, 0.3) is 0 Å². The van der Waals surface area contributed by atoms with Crippen LogP contribution in [0.1, 0.15) is 37.6 Å². The molecule has 1 heterocycles. The maximum absolute atomic E-state index is 11.8. The minimum atomic E-state index is -0.621. The highest BCUT2D eigenvalue weighted by molar-refractivity contribution is 7.10. The molecule has 18 heavy (non-hydrogen) atoms. The minimum absolute atomic E-state index is 0.0866. The molecule has 1 aromatic rings. The van der Waals surface area contributed by atoms with Crippen molar-refractivity contribution in [3.8, 4) is 0 Å². The van der Waals surface area contributed by atoms with Crippen LogP contribution in [0.15, 0.2) is 17.5 Å². The molecule has 2 atom stereocenters. The van der Waals surface area contributed by atoms with Gasteiger partial charge in [-0.2, -0.15) is 0 Å². The predicted molar refractivity (Wildman–Crippen MR) is 72.3 cm³/mol. The molecule has 0 aromatic carbocycles. The van der Waals surface area contributed by atoms with Gasteiger partial charge >= 0.3 is 6.03 Å². The Kier molecular flexibility index (Phi) is 5.64. The molecule has 0 aliphatic rings. The summed E-state index contributed by atoms with van der Waals surface area (Å²) >= 11 is 1.49. The lowest BCUT2D eigenvalue weighted by Crippen LogP contribution is -2.38. The SMILES string of the molecule is CCC(C)NC(=O)CC(NC(N)=O)c1cccs1. The third kappa shape index (κ3) is 4.75. The van der Waals surface area contributed by atoms with Gasteiger partial charge in [-0.3, -0.25) is 4.79 Å². The van der Waals surface area contributed by atoms with Crippen LogP contribution >= 0.6 is 11.3 Å². The van der Waals surface area contributed by atoms with Crippen molar-refractivity contribution in [3.05, 3.63) is 22.4 Å². The van der Waals surface area contributed by atoms with E-state index < -0.39 is 6.03 Å². The standard InChI is InChI=1S/C12H19N3O2S/c1-3-8(2)14-11(16)7-9(15-12(13)17)10-5-4-6-18-10/h4-6,8-9H,3,7H2,1-2H3,(H,14,16)(H3,13,15,17). The van der Waals surface area contributed by atoms with Crippen LogP contribution in [0.3, 0.4) is 0 Å². The fraction of sp³-hybridized carbons (Fsp3) is 0.500. The molecular formula is C12H19N3O2S. The molecule has 0 fully saturated rings. The molecule has 0 aliphatic heterocycles. The third-order valence-electron chi connectivity index (χ3n) is 2.61. The lowest BCUT2D eigenvalue weighted by Gasteiger charge is -2.17. The maximum atomic E-state index is 11.8. The molecule has 1 aromatic heterocycles. The fourth-order valence-corrected chi connectivity index (χ4v) is 2.28. The van der Waals surface area contributed by atoms with Crippen LogP contribution in [0, 0.1) is 0 Å². The molecule has 100 valence electrons. The zero-order valence-corrected chi connectivity index (χ0v) is 11.4. The number of urea groups is 1. The molecule has 0 saturated carbocycles. The van der Waals surface area contributed by atoms with Gasteiger partial charge in [-0.25, -0.2) is 4.79 Å². The zero-order valence-electron chi connectivity index (χ0n) is 10.6. The van der Waals surface area contributed by atoms with Gasteiger partial charge in [0.15, 0.2) is 0 Å². The van der Waals surface area contributed by atoms with Gasteiger partial charge < -0.3 is 16.4 Å². The van der Waals surface area contributed by atoms with Crippen molar-refractivity contribution in [1.82, 2.24) is 10.6 Å². The monoisotopic (exact) mass is 269 g/mol. The number of primary amides is 1. The van der Waals surface area contributed by atoms with Crippen molar-refractivity contribution in [2.75, 3.05) is 0 Å². The first-order valence-electron chi connectivity index (χ1n) is 5.91. The smallest absolute Gasteiger partial charge is 0.312 e. The van der Waals surface area contributed by atoms with Gasteiger partial charge in [0, 0.05) is 10.9 Å². The number of thiophene rings is 1. The fourth-order valence-electron chi connectivity index (χ4n) is 1.51. The van der Waals surface area contributed by atoms with Crippen LogP contribution in [-0.2, 0) is 4.79 Å². The first-order chi connectivity index (χ1) is 8.52. The molecule has 3 amide bonds. The van der Waals surface area contributed by atoms with E-state index in [2.05, 4.69) is 10.6 Å². The van der Waals surface area contributed by atoms with Crippen molar-refractivity contribution in [3.63, 3.8) is 0 Å². The number of carbonyl (C=O) groups is 2. The van der Waals surface area contributed by atoms with Crippen LogP contribution in [0.5, 0.6) is 0 Å². The molecule has 4 N–H and O–H groups in total. The first-order valence-corrected chi connectivity index (χ1v) is 6.79. The maximum Gasteiger partial charge on any atom is 0.312 e. The van der Waals surface area contributed by atoms with E-state index in [9.17, 15) is 9.59 Å². The van der Waals surface area contributed by atoms with Crippen molar-refractivity contribution in [2.45, 2.75) is 38.8 Å². The third-order valence-corrected chi connectivity index (χ3v) is 3.60. The average molecular weight is 269 g/mol. The molecule has 0 spiro atoms. The highest BCUT2D eigenvalue weighted by Crippen LogP contribution is 2.21. The molecule has 0 aliphatic carbocycles. The van der Waals surface area contributed by atoms with Crippen LogP contribution < -0.4 is 16.4 Å². The Balaban J connectivity index is 2.62. The highest BCUT2D eigenvalue weighted by Gasteiger charge is 2.18. The van der Waals surface area contributed by atoms with E-state index in [0.29, 0.717) is 0 Å². The van der Waals surface area contributed by atoms with E-state index in [4.69, 9.17) is 5.73 Å². The number of nitrogens with one attached hydrogen (secondary N) is 2. The first kappa shape index (κ1) is 14.5. The lowest BCUT2D eigenvalue weighted by atomic mass is 10.1. The van der Waals surface area contributed by atoms with E-state index in [-0.39, 0.29) is 24.4 Å². The second kappa shape index (κ2) is 7.00. The Bertz CT molecular complexity index is 392. The van der Waals surface area contributed by atoms with Crippen LogP contribution in [-0.4, -0.2) is 18.0 Å². The molecule has 1 rings (SSSR count). The Morgan fingerprint density at radius 1 is 1.44 bits per heavy atom. The Hall–Kier alpha value is -1.56. The summed E-state index contributed by atoms with van der Waals surface area (Å²) in [6.07, 6.45) is 1.08. The van der Waals surface area contributed by atoms with Crippen molar-refractivity contribution in [1.29, 1.82) is 0 Å². The normalized spacial score (nSPS) is 13.7. The lowest BCUT2D eigenvalue weighted by molar-refractivity contribution is -0.122. The van der Waals surface area contributed by atoms with Gasteiger partial charge in [0.2, 0.25) is 5.91 Å². The average Bonchev–Trinajstić information content (AvgIpc) is 2.80. The zero-order chi connectivity index (χ0) is 13.5. The summed E-state index contributed by atoms with van der Waals surface area (Å²) in [5.74, 6) is -0.0866. The second-order valence-corrected chi connectivity index (χ2v) is 5.14. The highest BCUT2D eigenvalue weighted by atomic mass is 32.1. The molecule has 2 unspecified atom stereocenters. The summed E-state index contributed by atoms with van der Waals surface area (Å²) in [6, 6.07) is 2.91. The Morgan fingerprint density at radius 3 is 2.67 bits per heavy atom. The largest absolute Gasteiger partial charge is 0.354 e. The van der Waals surface area contributed by atoms with E-state index in [1.807, 2.05) is 31.4 Å². The predicted octanol–water partition coefficient (Wildman–Crippen LogP) is 1.76. The number of hydrogen-bond donors (Lipinski definition) is 3. The summed E-state index contributed by atoms with van der Waals surface area (Å²) in [4.78, 5) is 23.7. The minimum Gasteiger partial charge on any atom is -0.354 e. The Labute approximate surface area is 111 Å². The quantitative estimate of drug-likeness (QED) is 0.735. The summed E-state index contributed by atoms with van der Waals surface area (Å²) in [5.41, 5.74) is 5.13. The summed E-state index contributed by atoms with van der Waals surface area (Å²) in [7, 11) is 0. The number of hydrogen-bond acceptors (Lipinski definition) is 3. The number of amides is 3. The Morgan fingerprint density at radius 2 is 2.17 bits per heavy atom. The van der Waals surface area contributed by atoms with Crippen LogP contribution in [0.4, 0.5) is 4.79 Å². The summed E-state index contributed by atoms with van der Waals surface area (Å²) in [5, 5.41) is 7.36. The van der Waals surface area contributed by atoms with Gasteiger partial charge in [-0.1, -0.05) is 13.0 Å². The van der Waals surface area contributed by atoms with E-state index in [1.54, 1.807) is 0 Å². The van der Waals surface area contributed by atoms with Gasteiger partial charge in [-0.05, 0) is 24.8 Å². The summed E-state index contributed by atoms with van der Waals surface area (Å²) in [6.45, 7) is 3.95. The summed E-state index contributed by atoms with van der Waals surface area (Å²) < 4.78 is 0. The molecule has 0 saturated heterocycles. The van der Waals surface area contributed by atoms with Gasteiger partial charge in [0.1, 0.15) is 0 Å². The van der Waals surface area contributed by atoms with Crippen molar-refractivity contribution < 1.29 is 9.59 Å². The van der Waals surface area contributed by atoms with E-state index in [1.165, 1.54) is 11.3 Å². The van der Waals surface area contributed by atoms with E-state index in [0.717, 1.165) is 11.3 Å². The molecular weight excluding hydrogens is 250 g/mol. The van der Waals surface area contributed by atoms with Crippen LogP contribution in [0.2, 0.25) is 0 Å². The molecule has 0 bridgehead atoms. The number of rotatable bonds is 6. The molecule has 0 radical (unpaired) electrons. The second-order valence-electron chi connectivity index (χ2n) is 4.16.